The van der Waals surface area contributed by atoms with Gasteiger partial charge in [-0.2, -0.15) is 0 Å². The van der Waals surface area contributed by atoms with Crippen LogP contribution in [-0.2, 0) is 38.1 Å². The number of carbonyl (C=O) groups excluding carboxylic acids is 8. The van der Waals surface area contributed by atoms with Gasteiger partial charge >= 0.3 is 23.9 Å². The summed E-state index contributed by atoms with van der Waals surface area (Å²) in [5.74, 6) is -1.63. The minimum absolute atomic E-state index is 0.00757. The van der Waals surface area contributed by atoms with E-state index in [1.54, 1.807) is 84.9 Å². The van der Waals surface area contributed by atoms with E-state index in [9.17, 15) is 38.4 Å². The summed E-state index contributed by atoms with van der Waals surface area (Å²) < 4.78 is 21.1. The van der Waals surface area contributed by atoms with Crippen molar-refractivity contribution in [1.82, 2.24) is 0 Å². The van der Waals surface area contributed by atoms with Gasteiger partial charge < -0.3 is 18.9 Å². The van der Waals surface area contributed by atoms with Crippen LogP contribution in [0.15, 0.2) is 158 Å². The average Bonchev–Trinajstić information content (AvgIpc) is 1.95. The van der Waals surface area contributed by atoms with Gasteiger partial charge in [0.25, 0.3) is 0 Å². The molecule has 4 aromatic carbocycles. The van der Waals surface area contributed by atoms with Crippen molar-refractivity contribution in [1.29, 1.82) is 0 Å². The van der Waals surface area contributed by atoms with Gasteiger partial charge in [0.1, 0.15) is 23.3 Å². The number of rotatable bonds is 14. The number of fused-ring (bicyclic) bond motifs is 3. The second kappa shape index (κ2) is 39.5. The van der Waals surface area contributed by atoms with Crippen LogP contribution in [0.2, 0.25) is 0 Å². The van der Waals surface area contributed by atoms with Crippen molar-refractivity contribution in [3.8, 4) is 0 Å². The monoisotopic (exact) mass is 1200 g/mol. The topological polar surface area (TPSA) is 173 Å². The lowest BCUT2D eigenvalue weighted by Gasteiger charge is -2.54. The lowest BCUT2D eigenvalue weighted by atomic mass is 9.53. The van der Waals surface area contributed by atoms with Crippen LogP contribution in [0.3, 0.4) is 0 Å². The van der Waals surface area contributed by atoms with Crippen LogP contribution in [-0.4, -0.2) is 72.9 Å². The molecule has 4 aliphatic rings. The Morgan fingerprint density at radius 3 is 1.38 bits per heavy atom. The fourth-order valence-electron chi connectivity index (χ4n) is 12.4. The molecule has 0 saturated heterocycles. The summed E-state index contributed by atoms with van der Waals surface area (Å²) in [6, 6.07) is 35.7. The molecule has 4 saturated carbocycles. The Labute approximate surface area is 522 Å². The molecule has 9 atom stereocenters. The number of aldehydes is 1. The number of methoxy groups -OCH3 is 2. The molecule has 87 heavy (non-hydrogen) atoms. The van der Waals surface area contributed by atoms with Crippen molar-refractivity contribution < 1.29 is 57.3 Å². The molecule has 12 heteroatoms. The van der Waals surface area contributed by atoms with E-state index < -0.39 is 17.1 Å². The molecule has 0 bridgehead atoms. The van der Waals surface area contributed by atoms with E-state index in [4.69, 9.17) is 9.47 Å². The molecule has 0 aliphatic heterocycles. The van der Waals surface area contributed by atoms with Gasteiger partial charge in [-0.1, -0.05) is 176 Å². The molecule has 0 N–H and O–H groups in total. The zero-order valence-electron chi connectivity index (χ0n) is 55.5. The molecule has 4 aliphatic carbocycles. The Kier molecular flexibility index (Phi) is 35.2. The van der Waals surface area contributed by atoms with Crippen LogP contribution in [0, 0.1) is 46.8 Å². The van der Waals surface area contributed by atoms with Gasteiger partial charge in [-0.05, 0) is 166 Å². The molecule has 4 aromatic rings. The number of hydrogen-bond donors (Lipinski definition) is 0. The van der Waals surface area contributed by atoms with Crippen LogP contribution in [0.25, 0.3) is 0 Å². The van der Waals surface area contributed by atoms with Gasteiger partial charge in [0.2, 0.25) is 0 Å². The van der Waals surface area contributed by atoms with Gasteiger partial charge in [0.05, 0.1) is 42.4 Å². The maximum Gasteiger partial charge on any atom is 0.338 e. The molecule has 476 valence electrons. The SMILES string of the molecule is C=C(CCC(C)[C@]1(C)CCC[C@@](C)(OC(=O)c2ccccc2)C1C(=C)C=O)C(=O)C(C)C.C=C1CCC2C(C(=O)CC3C2CCC[C@@]3(C)OC(=O)c2ccccc2)C1=O.CC.CC.CC.CC.COC(=O)c1ccccc1.COC(=O)c1ccccc1. The average molecular weight is 1200 g/mol. The van der Waals surface area contributed by atoms with Gasteiger partial charge in [-0.25, -0.2) is 19.2 Å². The smallest absolute Gasteiger partial charge is 0.338 e. The third-order valence-electron chi connectivity index (χ3n) is 16.8. The van der Waals surface area contributed by atoms with Gasteiger partial charge in [0.15, 0.2) is 11.6 Å². The predicted molar refractivity (Wildman–Crippen MR) is 350 cm³/mol. The number of esters is 4. The second-order valence-electron chi connectivity index (χ2n) is 22.4. The third kappa shape index (κ3) is 21.8. The van der Waals surface area contributed by atoms with E-state index >= 15 is 0 Å². The molecular formula is C75H104O12. The first kappa shape index (κ1) is 77.7. The van der Waals surface area contributed by atoms with E-state index in [1.807, 2.05) is 119 Å². The maximum absolute atomic E-state index is 12.9. The van der Waals surface area contributed by atoms with E-state index in [2.05, 4.69) is 43.1 Å². The van der Waals surface area contributed by atoms with Gasteiger partial charge in [-0.15, -0.1) is 0 Å². The fraction of sp³-hybridized carbons (Fsp3) is 0.493. The molecule has 0 aromatic heterocycles. The highest BCUT2D eigenvalue weighted by atomic mass is 16.6. The van der Waals surface area contributed by atoms with Crippen LogP contribution in [0.1, 0.15) is 209 Å². The van der Waals surface area contributed by atoms with E-state index in [1.165, 1.54) is 14.2 Å². The van der Waals surface area contributed by atoms with Crippen LogP contribution in [0.5, 0.6) is 0 Å². The first-order chi connectivity index (χ1) is 41.5. The molecule has 0 heterocycles. The Hall–Kier alpha value is -7.34. The van der Waals surface area contributed by atoms with Crippen molar-refractivity contribution in [2.24, 2.45) is 46.8 Å². The van der Waals surface area contributed by atoms with Crippen LogP contribution >= 0.6 is 0 Å². The van der Waals surface area contributed by atoms with E-state index in [0.717, 1.165) is 51.2 Å². The summed E-state index contributed by atoms with van der Waals surface area (Å²) in [6.07, 6.45) is 9.20. The number of allylic oxidation sites excluding steroid dienone is 2. The molecule has 12 nitrogen and oxygen atoms in total. The minimum atomic E-state index is -0.836. The summed E-state index contributed by atoms with van der Waals surface area (Å²) in [7, 11) is 2.74. The lowest BCUT2D eigenvalue weighted by molar-refractivity contribution is -0.154. The Morgan fingerprint density at radius 2 is 0.977 bits per heavy atom. The highest BCUT2D eigenvalue weighted by Gasteiger charge is 2.57. The summed E-state index contributed by atoms with van der Waals surface area (Å²) in [5.41, 5.74) is 2.11. The maximum atomic E-state index is 12.9. The number of ketones is 3. The zero-order valence-corrected chi connectivity index (χ0v) is 55.5. The Morgan fingerprint density at radius 1 is 0.575 bits per heavy atom. The van der Waals surface area contributed by atoms with Gasteiger partial charge in [0, 0.05) is 24.2 Å². The largest absolute Gasteiger partial charge is 0.465 e. The van der Waals surface area contributed by atoms with Crippen molar-refractivity contribution in [2.75, 3.05) is 14.2 Å². The molecule has 8 rings (SSSR count). The highest BCUT2D eigenvalue weighted by Crippen LogP contribution is 2.56. The first-order valence-corrected chi connectivity index (χ1v) is 31.5. The minimum Gasteiger partial charge on any atom is -0.465 e. The van der Waals surface area contributed by atoms with E-state index in [-0.39, 0.29) is 82.1 Å². The second-order valence-corrected chi connectivity index (χ2v) is 22.4. The predicted octanol–water partition coefficient (Wildman–Crippen LogP) is 17.6. The Bertz CT molecular complexity index is 2750. The lowest BCUT2D eigenvalue weighted by Crippen LogP contribution is -2.56. The van der Waals surface area contributed by atoms with Crippen LogP contribution < -0.4 is 0 Å². The van der Waals surface area contributed by atoms with Crippen molar-refractivity contribution >= 4 is 47.5 Å². The first-order valence-electron chi connectivity index (χ1n) is 31.5. The van der Waals surface area contributed by atoms with Crippen molar-refractivity contribution in [3.05, 3.63) is 180 Å². The molecule has 6 unspecified atom stereocenters. The molecule has 0 amide bonds. The van der Waals surface area contributed by atoms with E-state index in [0.29, 0.717) is 64.7 Å². The number of ether oxygens (including phenoxy) is 4. The third-order valence-corrected chi connectivity index (χ3v) is 16.8. The Balaban J connectivity index is 0.000000612. The molecule has 0 spiro atoms. The highest BCUT2D eigenvalue weighted by molar-refractivity contribution is 6.11. The summed E-state index contributed by atoms with van der Waals surface area (Å²) in [5, 5.41) is 0. The van der Waals surface area contributed by atoms with Crippen molar-refractivity contribution in [2.45, 2.75) is 179 Å². The molecular weight excluding hydrogens is 1090 g/mol. The summed E-state index contributed by atoms with van der Waals surface area (Å²) in [4.78, 5) is 96.8. The molecule has 0 radical (unpaired) electrons. The number of hydrogen-bond acceptors (Lipinski definition) is 12. The van der Waals surface area contributed by atoms with Crippen LogP contribution in [0.4, 0.5) is 0 Å². The van der Waals surface area contributed by atoms with Crippen molar-refractivity contribution in [3.63, 3.8) is 0 Å². The number of benzene rings is 4. The van der Waals surface area contributed by atoms with Gasteiger partial charge in [-0.3, -0.25) is 19.2 Å². The fourth-order valence-corrected chi connectivity index (χ4v) is 12.4. The zero-order chi connectivity index (χ0) is 66.1. The number of carbonyl (C=O) groups is 8. The quantitative estimate of drug-likeness (QED) is 0.0385. The normalized spacial score (nSPS) is 23.1. The summed E-state index contributed by atoms with van der Waals surface area (Å²) >= 11 is 0. The summed E-state index contributed by atoms with van der Waals surface area (Å²) in [6.45, 7) is 39.9. The molecule has 4 fully saturated rings. The standard InChI is InChI=1S/C28H38O4.C23H26O4.2C8H8O2.4C2H6/c1-19(2)24(30)20(3)14-15-22(5)27(6)16-11-17-28(7,25(27)21(4)18-29)32-26(31)23-12-9-8-10-13-23;1-14-10-11-17-16-9-6-12-23(2,18(16)13-19(24)20(17)21(14)25)27-22(26)15-7-4-3-5-8-15;2*1-10-8(9)7-5-3-2-4-6-7;4*1-2/h8-10,12-13,18-19,22,25H,3-4,11,14-17H2,1-2,5-7H3;3-5,7-8,16-18,20H,1,6,9-13H2,2H3;2*2-6H,1H3;4*1-2H3/t22?,25?,27-,28+;16?,17?,18?,20?,23-;;;;;;/m01....../s1. The number of Topliss-reactive ketones (excluding diaryl/α,β-unsaturated/α-hetero) is 3.